The molecule has 0 spiro atoms. The summed E-state index contributed by atoms with van der Waals surface area (Å²) in [5.41, 5.74) is 11.2. The SMILES string of the molecule is C=c1/c(=C(\C=C/C)N(c2ccc(F)cc2)c2ccc3ccc4c(N(/C(=C/C=C(\C)F)CC)c5cccc6c5oc5c(C7CCCC7)cccc56)ccc5ccc2c3c54)oc2c(C3CCCC3)cccc12. The molecule has 2 heterocycles. The summed E-state index contributed by atoms with van der Waals surface area (Å²) in [4.78, 5) is 4.48. The molecule has 2 saturated carbocycles. The number of nitrogens with zero attached hydrogens (tertiary/aromatic N) is 2. The van der Waals surface area contributed by atoms with Crippen molar-refractivity contribution < 1.29 is 17.6 Å². The van der Waals surface area contributed by atoms with Crippen LogP contribution in [-0.2, 0) is 0 Å². The molecule has 6 heteroatoms. The van der Waals surface area contributed by atoms with Gasteiger partial charge in [0.15, 0.2) is 11.0 Å². The average molecular weight is 923 g/mol. The van der Waals surface area contributed by atoms with Gasteiger partial charge in [0.25, 0.3) is 0 Å². The first kappa shape index (κ1) is 43.8. The van der Waals surface area contributed by atoms with Crippen molar-refractivity contribution in [2.45, 2.75) is 90.4 Å². The van der Waals surface area contributed by atoms with Crippen molar-refractivity contribution in [3.8, 4) is 0 Å². The summed E-state index contributed by atoms with van der Waals surface area (Å²) < 4.78 is 43.7. The molecule has 2 fully saturated rings. The van der Waals surface area contributed by atoms with Crippen LogP contribution in [0.4, 0.5) is 31.5 Å². The van der Waals surface area contributed by atoms with Crippen LogP contribution < -0.4 is 20.4 Å². The first-order chi connectivity index (χ1) is 34.3. The third kappa shape index (κ3) is 7.21. The molecule has 0 aliphatic heterocycles. The van der Waals surface area contributed by atoms with E-state index in [9.17, 15) is 8.78 Å². The van der Waals surface area contributed by atoms with Crippen LogP contribution in [0.25, 0.3) is 77.5 Å². The highest BCUT2D eigenvalue weighted by molar-refractivity contribution is 6.28. The number of rotatable bonds is 11. The summed E-state index contributed by atoms with van der Waals surface area (Å²) in [5, 5.41) is 10.5. The fraction of sp³-hybridized carbons (Fsp3) is 0.219. The van der Waals surface area contributed by atoms with Gasteiger partial charge in [0.05, 0.1) is 28.6 Å². The van der Waals surface area contributed by atoms with Crippen LogP contribution in [-0.4, -0.2) is 0 Å². The van der Waals surface area contributed by atoms with Crippen molar-refractivity contribution in [3.63, 3.8) is 0 Å². The van der Waals surface area contributed by atoms with Gasteiger partial charge in [-0.15, -0.1) is 0 Å². The van der Waals surface area contributed by atoms with E-state index in [-0.39, 0.29) is 11.6 Å². The fourth-order valence-corrected chi connectivity index (χ4v) is 12.1. The van der Waals surface area contributed by atoms with Gasteiger partial charge in [0.2, 0.25) is 0 Å². The second kappa shape index (κ2) is 17.8. The van der Waals surface area contributed by atoms with Gasteiger partial charge >= 0.3 is 0 Å². The number of hydrogen-bond acceptors (Lipinski definition) is 4. The normalized spacial score (nSPS) is 16.0. The van der Waals surface area contributed by atoms with Crippen LogP contribution in [0, 0.1) is 5.82 Å². The molecule has 4 nitrogen and oxygen atoms in total. The molecule has 12 rings (SSSR count). The maximum Gasteiger partial charge on any atom is 0.159 e. The number of para-hydroxylation sites is 3. The minimum Gasteiger partial charge on any atom is -0.454 e. The van der Waals surface area contributed by atoms with Crippen molar-refractivity contribution >= 4 is 100 Å². The zero-order chi connectivity index (χ0) is 47.6. The molecule has 0 amide bonds. The van der Waals surface area contributed by atoms with E-state index in [0.717, 1.165) is 117 Å². The van der Waals surface area contributed by atoms with Crippen molar-refractivity contribution in [1.82, 2.24) is 0 Å². The Morgan fingerprint density at radius 3 is 1.73 bits per heavy atom. The molecule has 10 aromatic rings. The second-order valence-electron chi connectivity index (χ2n) is 19.5. The first-order valence-electron chi connectivity index (χ1n) is 25.2. The van der Waals surface area contributed by atoms with Crippen molar-refractivity contribution in [3.05, 3.63) is 191 Å². The molecule has 0 radical (unpaired) electrons. The maximum atomic E-state index is 14.9. The van der Waals surface area contributed by atoms with E-state index in [4.69, 9.17) is 8.83 Å². The van der Waals surface area contributed by atoms with Gasteiger partial charge in [-0.3, -0.25) is 0 Å². The monoisotopic (exact) mass is 922 g/mol. The van der Waals surface area contributed by atoms with E-state index < -0.39 is 0 Å². The minimum absolute atomic E-state index is 0.264. The number of halogens is 2. The molecule has 8 aromatic carbocycles. The summed E-state index contributed by atoms with van der Waals surface area (Å²) in [6, 6.07) is 43.8. The Kier molecular flexibility index (Phi) is 11.2. The number of fused-ring (bicyclic) bond motifs is 4. The average Bonchev–Trinajstić information content (AvgIpc) is 4.23. The number of furan rings is 2. The van der Waals surface area contributed by atoms with Crippen LogP contribution in [0.1, 0.15) is 102 Å². The van der Waals surface area contributed by atoms with Gasteiger partial charge in [-0.25, -0.2) is 8.78 Å². The smallest absolute Gasteiger partial charge is 0.159 e. The number of benzene rings is 8. The lowest BCUT2D eigenvalue weighted by atomic mass is 9.91. The number of allylic oxidation sites excluding steroid dienone is 5. The Labute approximate surface area is 407 Å². The highest BCUT2D eigenvalue weighted by Crippen LogP contribution is 2.49. The van der Waals surface area contributed by atoms with Crippen LogP contribution in [0.15, 0.2) is 172 Å². The van der Waals surface area contributed by atoms with Crippen molar-refractivity contribution in [2.75, 3.05) is 9.80 Å². The number of anilines is 4. The molecule has 2 aliphatic carbocycles. The van der Waals surface area contributed by atoms with E-state index in [1.54, 1.807) is 6.08 Å². The molecular weight excluding hydrogens is 867 g/mol. The van der Waals surface area contributed by atoms with Gasteiger partial charge in [-0.1, -0.05) is 130 Å². The number of hydrogen-bond donors (Lipinski definition) is 0. The quantitative estimate of drug-likeness (QED) is 0.0956. The molecule has 0 atom stereocenters. The molecule has 0 N–H and O–H groups in total. The third-order valence-electron chi connectivity index (χ3n) is 15.4. The predicted octanol–water partition coefficient (Wildman–Crippen LogP) is 17.9. The van der Waals surface area contributed by atoms with Crippen LogP contribution >= 0.6 is 0 Å². The Hall–Kier alpha value is -7.44. The third-order valence-corrected chi connectivity index (χ3v) is 15.4. The van der Waals surface area contributed by atoms with Gasteiger partial charge < -0.3 is 18.6 Å². The second-order valence-corrected chi connectivity index (χ2v) is 19.5. The summed E-state index contributed by atoms with van der Waals surface area (Å²) in [5.74, 6) is 0.360. The molecule has 0 unspecified atom stereocenters. The van der Waals surface area contributed by atoms with Gasteiger partial charge in [0, 0.05) is 43.5 Å². The maximum absolute atomic E-state index is 14.9. The van der Waals surface area contributed by atoms with E-state index in [0.29, 0.717) is 23.7 Å². The van der Waals surface area contributed by atoms with Gasteiger partial charge in [-0.2, -0.15) is 0 Å². The van der Waals surface area contributed by atoms with Crippen molar-refractivity contribution in [1.29, 1.82) is 0 Å². The molecule has 0 bridgehead atoms. The summed E-state index contributed by atoms with van der Waals surface area (Å²) in [6.07, 6.45) is 17.8. The van der Waals surface area contributed by atoms with Gasteiger partial charge in [0.1, 0.15) is 17.0 Å². The van der Waals surface area contributed by atoms with Gasteiger partial charge in [-0.05, 0) is 151 Å². The topological polar surface area (TPSA) is 32.8 Å². The minimum atomic E-state index is -0.309. The molecule has 2 aliphatic rings. The lowest BCUT2D eigenvalue weighted by molar-refractivity contribution is 0.561. The molecule has 348 valence electrons. The van der Waals surface area contributed by atoms with E-state index in [2.05, 4.69) is 133 Å². The van der Waals surface area contributed by atoms with E-state index >= 15 is 0 Å². The Bertz CT molecular complexity index is 3860. The molecule has 70 heavy (non-hydrogen) atoms. The summed E-state index contributed by atoms with van der Waals surface area (Å²) in [6.45, 7) is 10.3. The van der Waals surface area contributed by atoms with Crippen molar-refractivity contribution in [2.24, 2.45) is 0 Å². The molecular formula is C64H56F2N2O2. The Balaban J connectivity index is 1.11. The van der Waals surface area contributed by atoms with Crippen LogP contribution in [0.3, 0.4) is 0 Å². The predicted molar refractivity (Wildman–Crippen MR) is 289 cm³/mol. The summed E-state index contributed by atoms with van der Waals surface area (Å²) in [7, 11) is 0. The van der Waals surface area contributed by atoms with Crippen LogP contribution in [0.2, 0.25) is 0 Å². The zero-order valence-corrected chi connectivity index (χ0v) is 40.1. The highest BCUT2D eigenvalue weighted by atomic mass is 19.1. The standard InChI is InChI=1S/C64H56F2N2O2/c1-5-14-57(61-40(4)48-19-11-20-49(62(48)69-61)41-15-7-8-16-41)68(47-33-30-45(66)31-34-47)56-38-29-44-26-35-53-55(37-28-43-27-36-54(56)60(44)59(43)53)67(46(6-2)32-25-39(3)65)58-24-13-23-52-51-22-12-21-50(42-17-9-10-18-42)63(51)70-64(52)58/h5,11-14,19-38,41-42H,4,6-10,15-18H2,1-3H3/b14-5-,39-25+,46-32+,61-57-. The highest BCUT2D eigenvalue weighted by Gasteiger charge is 2.28. The Morgan fingerprint density at radius 2 is 1.14 bits per heavy atom. The largest absolute Gasteiger partial charge is 0.454 e. The molecule has 0 saturated heterocycles. The lowest BCUT2D eigenvalue weighted by Gasteiger charge is -2.30. The van der Waals surface area contributed by atoms with E-state index in [1.165, 1.54) is 68.7 Å². The fourth-order valence-electron chi connectivity index (χ4n) is 12.1. The van der Waals surface area contributed by atoms with E-state index in [1.807, 2.05) is 31.2 Å². The Morgan fingerprint density at radius 1 is 0.600 bits per heavy atom. The summed E-state index contributed by atoms with van der Waals surface area (Å²) >= 11 is 0. The first-order valence-corrected chi connectivity index (χ1v) is 25.2. The zero-order valence-electron chi connectivity index (χ0n) is 40.1. The molecule has 2 aromatic heterocycles. The lowest BCUT2D eigenvalue weighted by Crippen LogP contribution is -2.29. The van der Waals surface area contributed by atoms with Crippen LogP contribution in [0.5, 0.6) is 0 Å².